The van der Waals surface area contributed by atoms with Gasteiger partial charge in [0.2, 0.25) is 0 Å². The molecule has 1 N–H and O–H groups in total. The van der Waals surface area contributed by atoms with Crippen molar-refractivity contribution in [2.24, 2.45) is 5.41 Å². The van der Waals surface area contributed by atoms with E-state index in [1.165, 1.54) is 36.5 Å². The first-order chi connectivity index (χ1) is 8.33. The number of rotatable bonds is 4. The van der Waals surface area contributed by atoms with Crippen LogP contribution in [0.5, 0.6) is 0 Å². The number of carbonyl (C=O) groups is 1. The van der Waals surface area contributed by atoms with Gasteiger partial charge in [-0.2, -0.15) is 0 Å². The Labute approximate surface area is 110 Å². The molecule has 0 unspecified atom stereocenters. The Morgan fingerprint density at radius 3 is 2.61 bits per heavy atom. The molecular formula is C16H24O2. The first-order valence-corrected chi connectivity index (χ1v) is 6.60. The van der Waals surface area contributed by atoms with E-state index >= 15 is 0 Å². The molecule has 0 radical (unpaired) electrons. The van der Waals surface area contributed by atoms with Gasteiger partial charge in [-0.05, 0) is 44.9 Å². The van der Waals surface area contributed by atoms with Crippen LogP contribution in [0.15, 0.2) is 34.9 Å². The molecule has 0 atom stereocenters. The van der Waals surface area contributed by atoms with E-state index in [2.05, 4.69) is 26.8 Å². The average molecular weight is 248 g/mol. The van der Waals surface area contributed by atoms with Crippen molar-refractivity contribution in [2.75, 3.05) is 0 Å². The number of hydrogen-bond acceptors (Lipinski definition) is 1. The van der Waals surface area contributed by atoms with Crippen molar-refractivity contribution >= 4 is 5.97 Å². The lowest BCUT2D eigenvalue weighted by Crippen LogP contribution is -2.20. The smallest absolute Gasteiger partial charge is 0.328 e. The summed E-state index contributed by atoms with van der Waals surface area (Å²) in [5, 5.41) is 8.58. The largest absolute Gasteiger partial charge is 0.478 e. The molecule has 0 saturated heterocycles. The van der Waals surface area contributed by atoms with Crippen LogP contribution in [0.1, 0.15) is 53.4 Å². The number of allylic oxidation sites excluding steroid dienone is 5. The average Bonchev–Trinajstić information content (AvgIpc) is 2.24. The van der Waals surface area contributed by atoms with Crippen LogP contribution in [0.2, 0.25) is 0 Å². The Kier molecular flexibility index (Phi) is 4.94. The van der Waals surface area contributed by atoms with Crippen LogP contribution in [0.3, 0.4) is 0 Å². The first kappa shape index (κ1) is 14.7. The second-order valence-electron chi connectivity index (χ2n) is 5.82. The Morgan fingerprint density at radius 1 is 1.39 bits per heavy atom. The van der Waals surface area contributed by atoms with Crippen LogP contribution in [0, 0.1) is 5.41 Å². The molecule has 0 amide bonds. The standard InChI is InChI=1S/C16H24O2/c1-12(8-10-15(17)18)7-9-14-13(2)6-5-11-16(14,3)4/h7-8,10H,5-6,9,11H2,1-4H3,(H,17,18)/b10-8+,12-7+. The highest BCUT2D eigenvalue weighted by Gasteiger charge is 2.27. The van der Waals surface area contributed by atoms with Crippen molar-refractivity contribution in [3.63, 3.8) is 0 Å². The molecule has 0 aromatic carbocycles. The van der Waals surface area contributed by atoms with Gasteiger partial charge in [-0.25, -0.2) is 4.79 Å². The molecule has 0 aromatic rings. The second kappa shape index (κ2) is 6.03. The number of hydrogen-bond donors (Lipinski definition) is 1. The molecule has 18 heavy (non-hydrogen) atoms. The fourth-order valence-electron chi connectivity index (χ4n) is 2.66. The molecule has 1 rings (SSSR count). The molecule has 0 heterocycles. The van der Waals surface area contributed by atoms with Gasteiger partial charge in [0.15, 0.2) is 0 Å². The van der Waals surface area contributed by atoms with Gasteiger partial charge in [-0.3, -0.25) is 0 Å². The maximum atomic E-state index is 10.4. The van der Waals surface area contributed by atoms with Crippen molar-refractivity contribution in [3.05, 3.63) is 34.9 Å². The van der Waals surface area contributed by atoms with Crippen LogP contribution < -0.4 is 0 Å². The monoisotopic (exact) mass is 248 g/mol. The number of aliphatic carboxylic acids is 1. The van der Waals surface area contributed by atoms with E-state index in [1.807, 2.05) is 6.92 Å². The minimum atomic E-state index is -0.892. The Balaban J connectivity index is 2.78. The van der Waals surface area contributed by atoms with Gasteiger partial charge in [-0.1, -0.05) is 42.7 Å². The van der Waals surface area contributed by atoms with Crippen LogP contribution in [0.25, 0.3) is 0 Å². The molecule has 0 fully saturated rings. The van der Waals surface area contributed by atoms with Crippen molar-refractivity contribution in [3.8, 4) is 0 Å². The minimum absolute atomic E-state index is 0.287. The topological polar surface area (TPSA) is 37.3 Å². The fourth-order valence-corrected chi connectivity index (χ4v) is 2.66. The van der Waals surface area contributed by atoms with Crippen LogP contribution >= 0.6 is 0 Å². The van der Waals surface area contributed by atoms with Gasteiger partial charge in [0.05, 0.1) is 0 Å². The predicted molar refractivity (Wildman–Crippen MR) is 75.5 cm³/mol. The SMILES string of the molecule is CC1=C(C/C=C(C)/C=C/C(=O)O)C(C)(C)CCC1. The molecule has 1 aliphatic rings. The molecule has 0 saturated carbocycles. The van der Waals surface area contributed by atoms with Crippen LogP contribution in [0.4, 0.5) is 0 Å². The summed E-state index contributed by atoms with van der Waals surface area (Å²) in [6.07, 6.45) is 9.66. The lowest BCUT2D eigenvalue weighted by atomic mass is 9.71. The zero-order valence-electron chi connectivity index (χ0n) is 11.9. The van der Waals surface area contributed by atoms with E-state index in [1.54, 1.807) is 6.08 Å². The molecule has 2 nitrogen and oxygen atoms in total. The Morgan fingerprint density at radius 2 is 2.06 bits per heavy atom. The maximum Gasteiger partial charge on any atom is 0.328 e. The number of carboxylic acid groups (broad SMARTS) is 1. The zero-order valence-corrected chi connectivity index (χ0v) is 11.9. The molecule has 0 aliphatic heterocycles. The molecule has 0 bridgehead atoms. The molecule has 0 spiro atoms. The highest BCUT2D eigenvalue weighted by molar-refractivity contribution is 5.80. The van der Waals surface area contributed by atoms with Gasteiger partial charge in [0.25, 0.3) is 0 Å². The van der Waals surface area contributed by atoms with Crippen LogP contribution in [-0.4, -0.2) is 11.1 Å². The molecular weight excluding hydrogens is 224 g/mol. The Hall–Kier alpha value is -1.31. The Bertz CT molecular complexity index is 409. The quantitative estimate of drug-likeness (QED) is 0.452. The predicted octanol–water partition coefficient (Wildman–Crippen LogP) is 4.49. The van der Waals surface area contributed by atoms with Crippen molar-refractivity contribution in [1.82, 2.24) is 0 Å². The van der Waals surface area contributed by atoms with Gasteiger partial charge < -0.3 is 5.11 Å². The minimum Gasteiger partial charge on any atom is -0.478 e. The third kappa shape index (κ3) is 4.17. The summed E-state index contributed by atoms with van der Waals surface area (Å²) >= 11 is 0. The lowest BCUT2D eigenvalue weighted by Gasteiger charge is -2.34. The molecule has 100 valence electrons. The highest BCUT2D eigenvalue weighted by Crippen LogP contribution is 2.41. The van der Waals surface area contributed by atoms with E-state index < -0.39 is 5.97 Å². The first-order valence-electron chi connectivity index (χ1n) is 6.60. The summed E-state index contributed by atoms with van der Waals surface area (Å²) < 4.78 is 0. The van der Waals surface area contributed by atoms with E-state index in [0.717, 1.165) is 12.0 Å². The highest BCUT2D eigenvalue weighted by atomic mass is 16.4. The van der Waals surface area contributed by atoms with Gasteiger partial charge >= 0.3 is 5.97 Å². The van der Waals surface area contributed by atoms with Gasteiger partial charge in [-0.15, -0.1) is 0 Å². The molecule has 2 heteroatoms. The van der Waals surface area contributed by atoms with E-state index in [0.29, 0.717) is 0 Å². The van der Waals surface area contributed by atoms with E-state index in [-0.39, 0.29) is 5.41 Å². The summed E-state index contributed by atoms with van der Waals surface area (Å²) in [4.78, 5) is 10.4. The summed E-state index contributed by atoms with van der Waals surface area (Å²) in [5.41, 5.74) is 4.34. The second-order valence-corrected chi connectivity index (χ2v) is 5.82. The zero-order chi connectivity index (χ0) is 13.8. The van der Waals surface area contributed by atoms with Crippen molar-refractivity contribution in [2.45, 2.75) is 53.4 Å². The normalized spacial score (nSPS) is 20.6. The summed E-state index contributed by atoms with van der Waals surface area (Å²) in [6.45, 7) is 8.79. The maximum absolute atomic E-state index is 10.4. The van der Waals surface area contributed by atoms with Crippen LogP contribution in [-0.2, 0) is 4.79 Å². The fraction of sp³-hybridized carbons (Fsp3) is 0.562. The van der Waals surface area contributed by atoms with Gasteiger partial charge in [0.1, 0.15) is 0 Å². The van der Waals surface area contributed by atoms with Crippen molar-refractivity contribution in [1.29, 1.82) is 0 Å². The van der Waals surface area contributed by atoms with E-state index in [9.17, 15) is 4.79 Å². The summed E-state index contributed by atoms with van der Waals surface area (Å²) in [7, 11) is 0. The van der Waals surface area contributed by atoms with Gasteiger partial charge in [0, 0.05) is 6.08 Å². The van der Waals surface area contributed by atoms with Crippen molar-refractivity contribution < 1.29 is 9.90 Å². The lowest BCUT2D eigenvalue weighted by molar-refractivity contribution is -0.131. The molecule has 1 aliphatic carbocycles. The third-order valence-electron chi connectivity index (χ3n) is 3.80. The molecule has 0 aromatic heterocycles. The number of carboxylic acids is 1. The third-order valence-corrected chi connectivity index (χ3v) is 3.80. The summed E-state index contributed by atoms with van der Waals surface area (Å²) in [6, 6.07) is 0. The van der Waals surface area contributed by atoms with E-state index in [4.69, 9.17) is 5.11 Å². The summed E-state index contributed by atoms with van der Waals surface area (Å²) in [5.74, 6) is -0.892.